The molecule has 0 aliphatic carbocycles. The minimum atomic E-state index is -0.501. The normalized spacial score (nSPS) is 10.7. The summed E-state index contributed by atoms with van der Waals surface area (Å²) in [6.07, 6.45) is 0.578. The van der Waals surface area contributed by atoms with Crippen molar-refractivity contribution < 1.29 is 19.2 Å². The van der Waals surface area contributed by atoms with Gasteiger partial charge in [-0.3, -0.25) is 24.3 Å². The summed E-state index contributed by atoms with van der Waals surface area (Å²) in [5.41, 5.74) is 1.02. The van der Waals surface area contributed by atoms with Crippen molar-refractivity contribution in [2.45, 2.75) is 26.8 Å². The number of amides is 1. The van der Waals surface area contributed by atoms with E-state index in [1.165, 1.54) is 34.9 Å². The van der Waals surface area contributed by atoms with Gasteiger partial charge < -0.3 is 14.8 Å². The van der Waals surface area contributed by atoms with Crippen molar-refractivity contribution >= 4 is 22.5 Å². The molecule has 0 spiro atoms. The summed E-state index contributed by atoms with van der Waals surface area (Å²) in [4.78, 5) is 35.2. The maximum absolute atomic E-state index is 12.5. The standard InChI is InChI=1S/C23H25N3O6/c1-3-31-20-9-5-16(13-21(20)32-4-2)11-12-24-22(27)15-25-19-8-7-18(26(29)30)14-17(19)6-10-23(25)28/h5-10,13-14H,3-4,11-12,15H2,1-2H3,(H,24,27). The van der Waals surface area contributed by atoms with Crippen LogP contribution in [0.4, 0.5) is 5.69 Å². The van der Waals surface area contributed by atoms with E-state index in [0.717, 1.165) is 5.56 Å². The summed E-state index contributed by atoms with van der Waals surface area (Å²) in [6.45, 7) is 5.06. The smallest absolute Gasteiger partial charge is 0.270 e. The van der Waals surface area contributed by atoms with Crippen LogP contribution in [-0.2, 0) is 17.8 Å². The van der Waals surface area contributed by atoms with Crippen LogP contribution in [0.1, 0.15) is 19.4 Å². The molecule has 0 unspecified atom stereocenters. The van der Waals surface area contributed by atoms with Crippen molar-refractivity contribution in [3.63, 3.8) is 0 Å². The molecule has 32 heavy (non-hydrogen) atoms. The predicted octanol–water partition coefficient (Wildman–Crippen LogP) is 3.07. The van der Waals surface area contributed by atoms with Crippen molar-refractivity contribution in [2.75, 3.05) is 19.8 Å². The Morgan fingerprint density at radius 1 is 1.03 bits per heavy atom. The maximum Gasteiger partial charge on any atom is 0.270 e. The molecule has 1 heterocycles. The lowest BCUT2D eigenvalue weighted by Crippen LogP contribution is -2.33. The van der Waals surface area contributed by atoms with E-state index in [9.17, 15) is 19.7 Å². The molecule has 1 N–H and O–H groups in total. The average molecular weight is 439 g/mol. The number of benzene rings is 2. The Kier molecular flexibility index (Phi) is 7.43. The average Bonchev–Trinajstić information content (AvgIpc) is 2.77. The molecule has 0 aliphatic rings. The number of carbonyl (C=O) groups excluding carboxylic acids is 1. The summed E-state index contributed by atoms with van der Waals surface area (Å²) < 4.78 is 12.5. The van der Waals surface area contributed by atoms with Gasteiger partial charge in [-0.15, -0.1) is 0 Å². The predicted molar refractivity (Wildman–Crippen MR) is 120 cm³/mol. The number of aromatic nitrogens is 1. The number of nitro benzene ring substituents is 1. The summed E-state index contributed by atoms with van der Waals surface area (Å²) in [5, 5.41) is 14.3. The Morgan fingerprint density at radius 2 is 1.78 bits per heavy atom. The molecule has 3 rings (SSSR count). The number of non-ortho nitro benzene ring substituents is 1. The van der Waals surface area contributed by atoms with Gasteiger partial charge in [0.15, 0.2) is 11.5 Å². The molecule has 9 nitrogen and oxygen atoms in total. The van der Waals surface area contributed by atoms with Gasteiger partial charge in [0.2, 0.25) is 5.91 Å². The lowest BCUT2D eigenvalue weighted by Gasteiger charge is -2.13. The Balaban J connectivity index is 1.66. The lowest BCUT2D eigenvalue weighted by molar-refractivity contribution is -0.384. The fraction of sp³-hybridized carbons (Fsp3) is 0.304. The maximum atomic E-state index is 12.5. The van der Waals surface area contributed by atoms with Crippen LogP contribution < -0.4 is 20.3 Å². The van der Waals surface area contributed by atoms with Gasteiger partial charge in [0, 0.05) is 30.1 Å². The first-order valence-electron chi connectivity index (χ1n) is 10.4. The number of carbonyl (C=O) groups is 1. The number of nitro groups is 1. The SMILES string of the molecule is CCOc1ccc(CCNC(=O)Cn2c(=O)ccc3cc([N+](=O)[O-])ccc32)cc1OCC. The van der Waals surface area contributed by atoms with E-state index in [1.54, 1.807) is 0 Å². The quantitative estimate of drug-likeness (QED) is 0.384. The molecule has 0 bridgehead atoms. The Labute approximate surface area is 184 Å². The van der Waals surface area contributed by atoms with Gasteiger partial charge >= 0.3 is 0 Å². The molecule has 2 aromatic carbocycles. The Morgan fingerprint density at radius 3 is 2.50 bits per heavy atom. The molecular formula is C23H25N3O6. The van der Waals surface area contributed by atoms with E-state index in [4.69, 9.17) is 9.47 Å². The largest absolute Gasteiger partial charge is 0.490 e. The second-order valence-corrected chi connectivity index (χ2v) is 7.01. The van der Waals surface area contributed by atoms with E-state index in [2.05, 4.69) is 5.32 Å². The summed E-state index contributed by atoms with van der Waals surface area (Å²) >= 11 is 0. The van der Waals surface area contributed by atoms with E-state index in [1.807, 2.05) is 32.0 Å². The minimum Gasteiger partial charge on any atom is -0.490 e. The molecular weight excluding hydrogens is 414 g/mol. The second kappa shape index (κ2) is 10.4. The van der Waals surface area contributed by atoms with E-state index in [0.29, 0.717) is 48.6 Å². The van der Waals surface area contributed by atoms with Gasteiger partial charge in [0.25, 0.3) is 11.2 Å². The molecule has 3 aromatic rings. The molecule has 1 amide bonds. The minimum absolute atomic E-state index is 0.0751. The highest BCUT2D eigenvalue weighted by Gasteiger charge is 2.12. The van der Waals surface area contributed by atoms with Crippen molar-refractivity contribution in [2.24, 2.45) is 0 Å². The fourth-order valence-electron chi connectivity index (χ4n) is 3.36. The van der Waals surface area contributed by atoms with Gasteiger partial charge in [-0.25, -0.2) is 0 Å². The molecule has 0 aliphatic heterocycles. The van der Waals surface area contributed by atoms with Crippen LogP contribution in [0.2, 0.25) is 0 Å². The number of pyridine rings is 1. The van der Waals surface area contributed by atoms with Crippen LogP contribution in [-0.4, -0.2) is 35.2 Å². The Bertz CT molecular complexity index is 1190. The van der Waals surface area contributed by atoms with Gasteiger partial charge in [0.05, 0.1) is 23.7 Å². The third-order valence-corrected chi connectivity index (χ3v) is 4.83. The van der Waals surface area contributed by atoms with Gasteiger partial charge in [-0.1, -0.05) is 6.07 Å². The van der Waals surface area contributed by atoms with Crippen molar-refractivity contribution in [3.8, 4) is 11.5 Å². The second-order valence-electron chi connectivity index (χ2n) is 7.01. The van der Waals surface area contributed by atoms with Crippen molar-refractivity contribution in [1.82, 2.24) is 9.88 Å². The number of hydrogen-bond acceptors (Lipinski definition) is 6. The first-order valence-corrected chi connectivity index (χ1v) is 10.4. The zero-order valence-electron chi connectivity index (χ0n) is 18.0. The van der Waals surface area contributed by atoms with Crippen LogP contribution >= 0.6 is 0 Å². The topological polar surface area (TPSA) is 113 Å². The highest BCUT2D eigenvalue weighted by atomic mass is 16.6. The first-order chi connectivity index (χ1) is 15.4. The molecule has 0 saturated carbocycles. The number of rotatable bonds is 10. The van der Waals surface area contributed by atoms with Crippen LogP contribution in [0.3, 0.4) is 0 Å². The van der Waals surface area contributed by atoms with Crippen LogP contribution in [0.15, 0.2) is 53.3 Å². The van der Waals surface area contributed by atoms with Crippen LogP contribution in [0.5, 0.6) is 11.5 Å². The highest BCUT2D eigenvalue weighted by Crippen LogP contribution is 2.28. The lowest BCUT2D eigenvalue weighted by atomic mass is 10.1. The van der Waals surface area contributed by atoms with E-state index in [-0.39, 0.29) is 23.7 Å². The van der Waals surface area contributed by atoms with Crippen LogP contribution in [0.25, 0.3) is 10.9 Å². The summed E-state index contributed by atoms with van der Waals surface area (Å²) in [7, 11) is 0. The van der Waals surface area contributed by atoms with Gasteiger partial charge in [0.1, 0.15) is 6.54 Å². The first kappa shape index (κ1) is 22.8. The zero-order chi connectivity index (χ0) is 23.1. The third kappa shape index (κ3) is 5.42. The number of nitrogens with one attached hydrogen (secondary N) is 1. The summed E-state index contributed by atoms with van der Waals surface area (Å²) in [6, 6.07) is 12.7. The van der Waals surface area contributed by atoms with Crippen molar-refractivity contribution in [3.05, 3.63) is 74.6 Å². The van der Waals surface area contributed by atoms with Gasteiger partial charge in [-0.2, -0.15) is 0 Å². The number of fused-ring (bicyclic) bond motifs is 1. The monoisotopic (exact) mass is 439 g/mol. The van der Waals surface area contributed by atoms with E-state index >= 15 is 0 Å². The molecule has 0 radical (unpaired) electrons. The fourth-order valence-corrected chi connectivity index (χ4v) is 3.36. The molecule has 1 aromatic heterocycles. The summed E-state index contributed by atoms with van der Waals surface area (Å²) in [5.74, 6) is 1.02. The highest BCUT2D eigenvalue weighted by molar-refractivity contribution is 5.84. The Hall–Kier alpha value is -3.88. The zero-order valence-corrected chi connectivity index (χ0v) is 18.0. The van der Waals surface area contributed by atoms with Gasteiger partial charge in [-0.05, 0) is 50.1 Å². The number of hydrogen-bond donors (Lipinski definition) is 1. The molecule has 0 saturated heterocycles. The number of nitrogens with zero attached hydrogens (tertiary/aromatic N) is 2. The van der Waals surface area contributed by atoms with E-state index < -0.39 is 4.92 Å². The molecule has 168 valence electrons. The van der Waals surface area contributed by atoms with Crippen LogP contribution in [0, 0.1) is 10.1 Å². The molecule has 0 atom stereocenters. The molecule has 0 fully saturated rings. The number of ether oxygens (including phenoxy) is 2. The third-order valence-electron chi connectivity index (χ3n) is 4.83. The molecule has 9 heteroatoms. The van der Waals surface area contributed by atoms with Crippen molar-refractivity contribution in [1.29, 1.82) is 0 Å².